The van der Waals surface area contributed by atoms with E-state index in [0.717, 1.165) is 32.2 Å². The third-order valence-electron chi connectivity index (χ3n) is 4.95. The molecule has 0 aliphatic carbocycles. The molecule has 0 spiro atoms. The zero-order chi connectivity index (χ0) is 20.5. The van der Waals surface area contributed by atoms with Crippen LogP contribution in [0.2, 0.25) is 0 Å². The second kappa shape index (κ2) is 7.80. The molecule has 146 valence electrons. The molecule has 0 bridgehead atoms. The summed E-state index contributed by atoms with van der Waals surface area (Å²) in [6, 6.07) is 19.5. The lowest BCUT2D eigenvalue weighted by atomic mass is 10.1. The van der Waals surface area contributed by atoms with Crippen molar-refractivity contribution in [3.63, 3.8) is 0 Å². The van der Waals surface area contributed by atoms with Crippen molar-refractivity contribution in [3.8, 4) is 17.1 Å². The number of methoxy groups -OCH3 is 1. The van der Waals surface area contributed by atoms with Crippen molar-refractivity contribution in [1.29, 1.82) is 0 Å². The molecular formula is C25H22O3S. The van der Waals surface area contributed by atoms with E-state index >= 15 is 0 Å². The lowest BCUT2D eigenvalue weighted by Gasteiger charge is -2.13. The van der Waals surface area contributed by atoms with E-state index in [4.69, 9.17) is 9.15 Å². The Labute approximate surface area is 174 Å². The molecule has 3 aromatic carbocycles. The van der Waals surface area contributed by atoms with Crippen LogP contribution in [0.3, 0.4) is 0 Å². The largest absolute Gasteiger partial charge is 0.497 e. The van der Waals surface area contributed by atoms with Crippen molar-refractivity contribution >= 4 is 22.7 Å². The maximum Gasteiger partial charge on any atom is 0.193 e. The van der Waals surface area contributed by atoms with Gasteiger partial charge < -0.3 is 9.15 Å². The second-order valence-corrected chi connectivity index (χ2v) is 8.25. The Balaban J connectivity index is 1.91. The van der Waals surface area contributed by atoms with E-state index in [1.54, 1.807) is 24.9 Å². The fraction of sp³-hybridized carbons (Fsp3) is 0.160. The Bertz CT molecular complexity index is 1240. The minimum Gasteiger partial charge on any atom is -0.497 e. The molecule has 29 heavy (non-hydrogen) atoms. The van der Waals surface area contributed by atoms with Crippen molar-refractivity contribution in [2.24, 2.45) is 0 Å². The quantitative estimate of drug-likeness (QED) is 0.388. The molecule has 0 aliphatic rings. The predicted octanol–water partition coefficient (Wildman–Crippen LogP) is 6.55. The molecule has 0 unspecified atom stereocenters. The molecule has 0 amide bonds. The molecule has 0 saturated carbocycles. The van der Waals surface area contributed by atoms with Crippen molar-refractivity contribution in [2.75, 3.05) is 7.11 Å². The first-order chi connectivity index (χ1) is 14.0. The van der Waals surface area contributed by atoms with Crippen molar-refractivity contribution < 1.29 is 9.15 Å². The predicted molar refractivity (Wildman–Crippen MR) is 119 cm³/mol. The van der Waals surface area contributed by atoms with E-state index in [9.17, 15) is 4.79 Å². The fourth-order valence-corrected chi connectivity index (χ4v) is 4.38. The second-order valence-electron chi connectivity index (χ2n) is 7.16. The molecular weight excluding hydrogens is 380 g/mol. The highest BCUT2D eigenvalue weighted by Gasteiger charge is 2.16. The van der Waals surface area contributed by atoms with Gasteiger partial charge in [0.1, 0.15) is 11.5 Å². The van der Waals surface area contributed by atoms with Crippen molar-refractivity contribution in [3.05, 3.63) is 87.6 Å². The van der Waals surface area contributed by atoms with Gasteiger partial charge in [-0.15, -0.1) is 0 Å². The molecule has 0 aliphatic heterocycles. The highest BCUT2D eigenvalue weighted by Crippen LogP contribution is 2.38. The molecule has 4 heteroatoms. The molecule has 0 atom stereocenters. The number of hydrogen-bond acceptors (Lipinski definition) is 4. The average molecular weight is 403 g/mol. The normalized spacial score (nSPS) is 11.0. The molecule has 0 fully saturated rings. The molecule has 1 heterocycles. The van der Waals surface area contributed by atoms with Gasteiger partial charge in [0.25, 0.3) is 0 Å². The van der Waals surface area contributed by atoms with Crippen LogP contribution < -0.4 is 10.2 Å². The Morgan fingerprint density at radius 2 is 1.55 bits per heavy atom. The van der Waals surface area contributed by atoms with E-state index in [1.807, 2.05) is 31.2 Å². The summed E-state index contributed by atoms with van der Waals surface area (Å²) in [7, 11) is 1.63. The minimum atomic E-state index is -0.0275. The summed E-state index contributed by atoms with van der Waals surface area (Å²) in [5.74, 6) is 1.32. The van der Waals surface area contributed by atoms with Crippen LogP contribution >= 0.6 is 11.8 Å². The van der Waals surface area contributed by atoms with Crippen molar-refractivity contribution in [1.82, 2.24) is 0 Å². The number of ether oxygens (including phenoxy) is 1. The first-order valence-corrected chi connectivity index (χ1v) is 10.2. The van der Waals surface area contributed by atoms with Gasteiger partial charge in [0, 0.05) is 16.5 Å². The fourth-order valence-electron chi connectivity index (χ4n) is 3.42. The lowest BCUT2D eigenvalue weighted by molar-refractivity contribution is 0.415. The molecule has 4 aromatic rings. The van der Waals surface area contributed by atoms with Crippen LogP contribution in [-0.2, 0) is 0 Å². The van der Waals surface area contributed by atoms with Gasteiger partial charge in [0.2, 0.25) is 0 Å². The number of fused-ring (bicyclic) bond motifs is 1. The van der Waals surface area contributed by atoms with Crippen LogP contribution in [0.4, 0.5) is 0 Å². The summed E-state index contributed by atoms with van der Waals surface area (Å²) in [4.78, 5) is 15.1. The van der Waals surface area contributed by atoms with Gasteiger partial charge in [0.05, 0.1) is 17.4 Å². The number of rotatable bonds is 4. The molecule has 1 aromatic heterocycles. The average Bonchev–Trinajstić information content (AvgIpc) is 2.72. The van der Waals surface area contributed by atoms with Gasteiger partial charge in [0.15, 0.2) is 11.0 Å². The lowest BCUT2D eigenvalue weighted by Crippen LogP contribution is -2.04. The van der Waals surface area contributed by atoms with Crippen LogP contribution in [0.5, 0.6) is 5.75 Å². The van der Waals surface area contributed by atoms with Crippen LogP contribution in [0.25, 0.3) is 22.3 Å². The maximum absolute atomic E-state index is 13.0. The van der Waals surface area contributed by atoms with Gasteiger partial charge in [-0.05, 0) is 68.3 Å². The first-order valence-electron chi connectivity index (χ1n) is 9.43. The number of hydrogen-bond donors (Lipinski definition) is 0. The summed E-state index contributed by atoms with van der Waals surface area (Å²) >= 11 is 1.63. The SMILES string of the molecule is COc1ccc(-c2cc(=O)c3c(C)cc(C)c(Sc4ccc(C)cc4)c3o2)cc1. The summed E-state index contributed by atoms with van der Waals surface area (Å²) in [6.45, 7) is 6.09. The summed E-state index contributed by atoms with van der Waals surface area (Å²) in [6.07, 6.45) is 0. The van der Waals surface area contributed by atoms with Crippen LogP contribution in [0.15, 0.2) is 79.7 Å². The zero-order valence-electron chi connectivity index (χ0n) is 16.9. The first kappa shape index (κ1) is 19.3. The minimum absolute atomic E-state index is 0.0275. The monoisotopic (exact) mass is 402 g/mol. The third kappa shape index (κ3) is 3.81. The molecule has 3 nitrogen and oxygen atoms in total. The van der Waals surface area contributed by atoms with Gasteiger partial charge in [-0.25, -0.2) is 0 Å². The Morgan fingerprint density at radius 1 is 0.862 bits per heavy atom. The number of benzene rings is 3. The number of aryl methyl sites for hydroxylation is 3. The maximum atomic E-state index is 13.0. The Hall–Kier alpha value is -2.98. The highest BCUT2D eigenvalue weighted by molar-refractivity contribution is 7.99. The van der Waals surface area contributed by atoms with Gasteiger partial charge in [-0.3, -0.25) is 4.79 Å². The standard InChI is InChI=1S/C25H22O3S/c1-15-5-11-20(12-6-15)29-25-17(3)13-16(2)23-21(26)14-22(28-24(23)25)18-7-9-19(27-4)10-8-18/h5-14H,1-4H3. The van der Waals surface area contributed by atoms with Gasteiger partial charge >= 0.3 is 0 Å². The van der Waals surface area contributed by atoms with E-state index in [0.29, 0.717) is 16.7 Å². The van der Waals surface area contributed by atoms with E-state index in [-0.39, 0.29) is 5.43 Å². The van der Waals surface area contributed by atoms with Crippen LogP contribution in [0, 0.1) is 20.8 Å². The topological polar surface area (TPSA) is 39.4 Å². The summed E-state index contributed by atoms with van der Waals surface area (Å²) in [5.41, 5.74) is 4.70. The Kier molecular flexibility index (Phi) is 5.20. The Morgan fingerprint density at radius 3 is 2.21 bits per heavy atom. The zero-order valence-corrected chi connectivity index (χ0v) is 17.7. The summed E-state index contributed by atoms with van der Waals surface area (Å²) in [5, 5.41) is 0.641. The summed E-state index contributed by atoms with van der Waals surface area (Å²) < 4.78 is 11.6. The van der Waals surface area contributed by atoms with E-state index in [2.05, 4.69) is 44.2 Å². The van der Waals surface area contributed by atoms with Crippen molar-refractivity contribution in [2.45, 2.75) is 30.6 Å². The van der Waals surface area contributed by atoms with Gasteiger partial charge in [-0.1, -0.05) is 35.5 Å². The van der Waals surface area contributed by atoms with Crippen LogP contribution in [0.1, 0.15) is 16.7 Å². The van der Waals surface area contributed by atoms with Gasteiger partial charge in [-0.2, -0.15) is 0 Å². The van der Waals surface area contributed by atoms with Crippen LogP contribution in [-0.4, -0.2) is 7.11 Å². The third-order valence-corrected chi connectivity index (χ3v) is 6.17. The van der Waals surface area contributed by atoms with E-state index in [1.165, 1.54) is 5.56 Å². The molecule has 0 radical (unpaired) electrons. The molecule has 0 N–H and O–H groups in total. The molecule has 4 rings (SSSR count). The highest BCUT2D eigenvalue weighted by atomic mass is 32.2. The van der Waals surface area contributed by atoms with E-state index < -0.39 is 0 Å². The molecule has 0 saturated heterocycles. The smallest absolute Gasteiger partial charge is 0.193 e.